The molecule has 1 aromatic rings. The van der Waals surface area contributed by atoms with E-state index in [0.717, 1.165) is 12.8 Å². The SMILES string of the molecule is CC(C)OCC(O)CN(Cc1c(F)cccc1Cl)C1CC1. The van der Waals surface area contributed by atoms with Crippen LogP contribution in [0, 0.1) is 5.82 Å². The molecule has 1 aliphatic carbocycles. The molecule has 2 rings (SSSR count). The molecule has 118 valence electrons. The Bertz CT molecular complexity index is 445. The van der Waals surface area contributed by atoms with E-state index in [1.165, 1.54) is 6.07 Å². The number of aliphatic hydroxyl groups is 1. The summed E-state index contributed by atoms with van der Waals surface area (Å²) in [5.74, 6) is -0.291. The standard InChI is InChI=1S/C16H23ClFNO2/c1-11(2)21-10-13(20)8-19(12-6-7-12)9-14-15(17)4-3-5-16(14)18/h3-5,11-13,20H,6-10H2,1-2H3. The molecule has 1 aliphatic rings. The number of hydrogen-bond acceptors (Lipinski definition) is 3. The van der Waals surface area contributed by atoms with Crippen molar-refractivity contribution in [1.29, 1.82) is 0 Å². The Balaban J connectivity index is 1.96. The van der Waals surface area contributed by atoms with Crippen LogP contribution >= 0.6 is 11.6 Å². The van der Waals surface area contributed by atoms with Crippen LogP contribution in [0.3, 0.4) is 0 Å². The van der Waals surface area contributed by atoms with Crippen LogP contribution in [0.25, 0.3) is 0 Å². The molecule has 0 aliphatic heterocycles. The zero-order valence-corrected chi connectivity index (χ0v) is 13.3. The molecule has 0 spiro atoms. The minimum atomic E-state index is -0.571. The summed E-state index contributed by atoms with van der Waals surface area (Å²) in [5.41, 5.74) is 0.503. The first-order chi connectivity index (χ1) is 9.97. The molecule has 1 saturated carbocycles. The van der Waals surface area contributed by atoms with E-state index in [-0.39, 0.29) is 11.9 Å². The fraction of sp³-hybridized carbons (Fsp3) is 0.625. The Kier molecular flexibility index (Phi) is 5.99. The summed E-state index contributed by atoms with van der Waals surface area (Å²) in [6.45, 7) is 5.07. The number of nitrogens with zero attached hydrogens (tertiary/aromatic N) is 1. The summed E-state index contributed by atoms with van der Waals surface area (Å²) >= 11 is 6.08. The second kappa shape index (κ2) is 7.54. The zero-order chi connectivity index (χ0) is 15.4. The number of benzene rings is 1. The highest BCUT2D eigenvalue weighted by Crippen LogP contribution is 2.30. The highest BCUT2D eigenvalue weighted by atomic mass is 35.5. The van der Waals surface area contributed by atoms with Crippen molar-refractivity contribution < 1.29 is 14.2 Å². The molecule has 0 amide bonds. The minimum Gasteiger partial charge on any atom is -0.389 e. The molecule has 0 saturated heterocycles. The Labute approximate surface area is 130 Å². The zero-order valence-electron chi connectivity index (χ0n) is 12.6. The summed E-state index contributed by atoms with van der Waals surface area (Å²) < 4.78 is 19.3. The van der Waals surface area contributed by atoms with Crippen LogP contribution in [0.1, 0.15) is 32.3 Å². The van der Waals surface area contributed by atoms with Crippen LogP contribution in [-0.4, -0.2) is 41.4 Å². The fourth-order valence-electron chi connectivity index (χ4n) is 2.30. The molecular weight excluding hydrogens is 293 g/mol. The van der Waals surface area contributed by atoms with Gasteiger partial charge in [-0.1, -0.05) is 17.7 Å². The van der Waals surface area contributed by atoms with Crippen molar-refractivity contribution in [2.45, 2.75) is 51.5 Å². The van der Waals surface area contributed by atoms with E-state index in [9.17, 15) is 9.50 Å². The first-order valence-corrected chi connectivity index (χ1v) is 7.81. The van der Waals surface area contributed by atoms with E-state index < -0.39 is 6.10 Å². The molecule has 1 unspecified atom stereocenters. The van der Waals surface area contributed by atoms with Gasteiger partial charge < -0.3 is 9.84 Å². The topological polar surface area (TPSA) is 32.7 Å². The smallest absolute Gasteiger partial charge is 0.129 e. The van der Waals surface area contributed by atoms with Gasteiger partial charge in [0.1, 0.15) is 5.82 Å². The highest BCUT2D eigenvalue weighted by Gasteiger charge is 2.31. The van der Waals surface area contributed by atoms with Crippen LogP contribution in [-0.2, 0) is 11.3 Å². The number of rotatable bonds is 8. The number of halogens is 2. The highest BCUT2D eigenvalue weighted by molar-refractivity contribution is 6.31. The number of hydrogen-bond donors (Lipinski definition) is 1. The monoisotopic (exact) mass is 315 g/mol. The van der Waals surface area contributed by atoms with Crippen molar-refractivity contribution >= 4 is 11.6 Å². The van der Waals surface area contributed by atoms with Gasteiger partial charge in [0.25, 0.3) is 0 Å². The molecule has 1 N–H and O–H groups in total. The first-order valence-electron chi connectivity index (χ1n) is 7.44. The lowest BCUT2D eigenvalue weighted by Gasteiger charge is -2.26. The van der Waals surface area contributed by atoms with E-state index in [0.29, 0.717) is 36.3 Å². The maximum absolute atomic E-state index is 13.9. The van der Waals surface area contributed by atoms with Gasteiger partial charge in [-0.3, -0.25) is 4.90 Å². The summed E-state index contributed by atoms with van der Waals surface area (Å²) in [6, 6.07) is 5.14. The summed E-state index contributed by atoms with van der Waals surface area (Å²) in [4.78, 5) is 2.10. The second-order valence-corrected chi connectivity index (χ2v) is 6.30. The molecule has 0 bridgehead atoms. The molecule has 0 radical (unpaired) electrons. The summed E-state index contributed by atoms with van der Waals surface area (Å²) in [7, 11) is 0. The molecule has 1 aromatic carbocycles. The molecule has 1 fully saturated rings. The molecule has 0 heterocycles. The van der Waals surface area contributed by atoms with E-state index in [2.05, 4.69) is 4.90 Å². The Morgan fingerprint density at radius 3 is 2.71 bits per heavy atom. The molecule has 5 heteroatoms. The quantitative estimate of drug-likeness (QED) is 0.799. The summed E-state index contributed by atoms with van der Waals surface area (Å²) in [6.07, 6.45) is 1.70. The van der Waals surface area contributed by atoms with E-state index in [4.69, 9.17) is 16.3 Å². The van der Waals surface area contributed by atoms with Gasteiger partial charge in [-0.25, -0.2) is 4.39 Å². The number of ether oxygens (including phenoxy) is 1. The predicted octanol–water partition coefficient (Wildman–Crippen LogP) is 3.23. The lowest BCUT2D eigenvalue weighted by molar-refractivity contribution is -0.0108. The Morgan fingerprint density at radius 2 is 2.14 bits per heavy atom. The average molecular weight is 316 g/mol. The second-order valence-electron chi connectivity index (χ2n) is 5.90. The Morgan fingerprint density at radius 1 is 1.43 bits per heavy atom. The van der Waals surface area contributed by atoms with Crippen LogP contribution in [0.5, 0.6) is 0 Å². The Hall–Kier alpha value is -0.680. The van der Waals surface area contributed by atoms with Gasteiger partial charge in [0.05, 0.1) is 18.8 Å². The minimum absolute atomic E-state index is 0.0926. The summed E-state index contributed by atoms with van der Waals surface area (Å²) in [5, 5.41) is 10.5. The van der Waals surface area contributed by atoms with Gasteiger partial charge in [-0.2, -0.15) is 0 Å². The largest absolute Gasteiger partial charge is 0.389 e. The van der Waals surface area contributed by atoms with Crippen LogP contribution in [0.4, 0.5) is 4.39 Å². The van der Waals surface area contributed by atoms with E-state index in [1.807, 2.05) is 13.8 Å². The molecular formula is C16H23ClFNO2. The first kappa shape index (κ1) is 16.7. The van der Waals surface area contributed by atoms with Gasteiger partial charge >= 0.3 is 0 Å². The lowest BCUT2D eigenvalue weighted by Crippen LogP contribution is -2.36. The van der Waals surface area contributed by atoms with Gasteiger partial charge in [0.2, 0.25) is 0 Å². The third-order valence-electron chi connectivity index (χ3n) is 3.55. The van der Waals surface area contributed by atoms with Gasteiger partial charge in [0, 0.05) is 29.7 Å². The predicted molar refractivity (Wildman–Crippen MR) is 81.9 cm³/mol. The van der Waals surface area contributed by atoms with Crippen molar-refractivity contribution in [3.63, 3.8) is 0 Å². The van der Waals surface area contributed by atoms with Crippen molar-refractivity contribution in [2.75, 3.05) is 13.2 Å². The van der Waals surface area contributed by atoms with Crippen molar-refractivity contribution in [2.24, 2.45) is 0 Å². The van der Waals surface area contributed by atoms with Crippen LogP contribution in [0.2, 0.25) is 5.02 Å². The van der Waals surface area contributed by atoms with Crippen molar-refractivity contribution in [3.05, 3.63) is 34.6 Å². The molecule has 1 atom stereocenters. The lowest BCUT2D eigenvalue weighted by atomic mass is 10.2. The number of aliphatic hydroxyl groups excluding tert-OH is 1. The maximum Gasteiger partial charge on any atom is 0.129 e. The van der Waals surface area contributed by atoms with Crippen molar-refractivity contribution in [3.8, 4) is 0 Å². The van der Waals surface area contributed by atoms with Crippen LogP contribution in [0.15, 0.2) is 18.2 Å². The normalized spacial score (nSPS) is 16.7. The van der Waals surface area contributed by atoms with E-state index in [1.54, 1.807) is 12.1 Å². The third kappa shape index (κ3) is 5.22. The van der Waals surface area contributed by atoms with Crippen LogP contribution < -0.4 is 0 Å². The average Bonchev–Trinajstić information content (AvgIpc) is 3.24. The molecule has 3 nitrogen and oxygen atoms in total. The van der Waals surface area contributed by atoms with Gasteiger partial charge in [-0.05, 0) is 38.8 Å². The van der Waals surface area contributed by atoms with Crippen molar-refractivity contribution in [1.82, 2.24) is 4.90 Å². The maximum atomic E-state index is 13.9. The third-order valence-corrected chi connectivity index (χ3v) is 3.91. The fourth-order valence-corrected chi connectivity index (χ4v) is 2.52. The molecule has 0 aromatic heterocycles. The van der Waals surface area contributed by atoms with Gasteiger partial charge in [-0.15, -0.1) is 0 Å². The van der Waals surface area contributed by atoms with E-state index >= 15 is 0 Å². The molecule has 21 heavy (non-hydrogen) atoms. The van der Waals surface area contributed by atoms with Gasteiger partial charge in [0.15, 0.2) is 0 Å².